The number of hydrogen-bond acceptors (Lipinski definition) is 5. The van der Waals surface area contributed by atoms with Crippen LogP contribution in [0, 0.1) is 0 Å². The van der Waals surface area contributed by atoms with Crippen molar-refractivity contribution in [2.24, 2.45) is 0 Å². The van der Waals surface area contributed by atoms with Gasteiger partial charge in [0.25, 0.3) is 0 Å². The lowest BCUT2D eigenvalue weighted by molar-refractivity contribution is -0.163. The molecule has 0 bridgehead atoms. The van der Waals surface area contributed by atoms with Crippen molar-refractivity contribution >= 4 is 11.9 Å². The first kappa shape index (κ1) is 62.6. The summed E-state index contributed by atoms with van der Waals surface area (Å²) in [5, 5.41) is 0. The predicted octanol–water partition coefficient (Wildman–Crippen LogP) is 18.8. The highest BCUT2D eigenvalue weighted by molar-refractivity contribution is 5.70. The lowest BCUT2D eigenvalue weighted by Gasteiger charge is -2.18. The molecule has 0 heterocycles. The summed E-state index contributed by atoms with van der Waals surface area (Å²) in [6, 6.07) is 0. The summed E-state index contributed by atoms with van der Waals surface area (Å²) in [5.74, 6) is -0.464. The van der Waals surface area contributed by atoms with Crippen molar-refractivity contribution in [2.75, 3.05) is 19.8 Å². The van der Waals surface area contributed by atoms with Crippen molar-refractivity contribution in [2.45, 2.75) is 245 Å². The molecule has 5 nitrogen and oxygen atoms in total. The Balaban J connectivity index is 4.39. The van der Waals surface area contributed by atoms with Crippen LogP contribution >= 0.6 is 0 Å². The van der Waals surface area contributed by atoms with Crippen LogP contribution in [-0.4, -0.2) is 37.9 Å². The van der Waals surface area contributed by atoms with Crippen molar-refractivity contribution in [3.05, 3.63) is 109 Å². The number of allylic oxidation sites excluding steroid dienone is 18. The van der Waals surface area contributed by atoms with Gasteiger partial charge in [-0.1, -0.05) is 239 Å². The zero-order valence-electron chi connectivity index (χ0n) is 43.2. The third-order valence-corrected chi connectivity index (χ3v) is 11.3. The molecule has 66 heavy (non-hydrogen) atoms. The number of carbonyl (C=O) groups is 2. The van der Waals surface area contributed by atoms with Crippen LogP contribution in [0.3, 0.4) is 0 Å². The van der Waals surface area contributed by atoms with Crippen molar-refractivity contribution in [1.29, 1.82) is 0 Å². The first-order valence-corrected chi connectivity index (χ1v) is 27.4. The maximum absolute atomic E-state index is 12.8. The highest BCUT2D eigenvalue weighted by Crippen LogP contribution is 2.15. The van der Waals surface area contributed by atoms with Crippen LogP contribution in [0.15, 0.2) is 109 Å². The molecule has 0 aliphatic heterocycles. The molecule has 0 N–H and O–H groups in total. The van der Waals surface area contributed by atoms with Gasteiger partial charge in [-0.2, -0.15) is 0 Å². The monoisotopic (exact) mass is 915 g/mol. The Bertz CT molecular complexity index is 1310. The van der Waals surface area contributed by atoms with E-state index < -0.39 is 6.10 Å². The van der Waals surface area contributed by atoms with E-state index in [0.29, 0.717) is 19.4 Å². The summed E-state index contributed by atoms with van der Waals surface area (Å²) in [4.78, 5) is 25.5. The van der Waals surface area contributed by atoms with Crippen LogP contribution in [0.25, 0.3) is 0 Å². The fourth-order valence-electron chi connectivity index (χ4n) is 7.31. The highest BCUT2D eigenvalue weighted by Gasteiger charge is 2.17. The Morgan fingerprint density at radius 1 is 0.348 bits per heavy atom. The molecule has 0 saturated carbocycles. The van der Waals surface area contributed by atoms with E-state index >= 15 is 0 Å². The average Bonchev–Trinajstić information content (AvgIpc) is 3.32. The van der Waals surface area contributed by atoms with Gasteiger partial charge in [0.05, 0.1) is 6.61 Å². The minimum atomic E-state index is -0.583. The standard InChI is InChI=1S/C61H102O5/c1-4-7-10-13-16-19-22-25-28-30-31-33-34-36-39-42-45-48-51-54-60(62)65-58-59(57-64-56-53-50-47-44-41-38-27-24-21-18-15-12-9-6-3)66-61(63)55-52-49-46-43-40-37-35-32-29-26-23-20-17-14-11-8-5-2/h7,9-10,12,16,18-19,21,25,27-28,31,33,36,38-39,44,47,59H,4-6,8,11,13-15,17,20,22-24,26,29-30,32,34-35,37,40-43,45-46,48-58H2,1-3H3/b10-7-,12-9-,19-16-,21-18-,28-25-,33-31-,38-27-,39-36-,47-44-. The lowest BCUT2D eigenvalue weighted by atomic mass is 10.0. The second kappa shape index (κ2) is 55.9. The number of esters is 2. The fourth-order valence-corrected chi connectivity index (χ4v) is 7.31. The summed E-state index contributed by atoms with van der Waals surface area (Å²) in [5.41, 5.74) is 0. The zero-order valence-corrected chi connectivity index (χ0v) is 43.2. The first-order chi connectivity index (χ1) is 32.6. The Labute approximate surface area is 408 Å². The Morgan fingerprint density at radius 2 is 0.682 bits per heavy atom. The van der Waals surface area contributed by atoms with Crippen LogP contribution in [-0.2, 0) is 23.8 Å². The molecule has 0 aromatic heterocycles. The summed E-state index contributed by atoms with van der Waals surface area (Å²) >= 11 is 0. The van der Waals surface area contributed by atoms with E-state index in [0.717, 1.165) is 116 Å². The highest BCUT2D eigenvalue weighted by atomic mass is 16.6. The quantitative estimate of drug-likeness (QED) is 0.0346. The zero-order chi connectivity index (χ0) is 47.7. The number of unbranched alkanes of at least 4 members (excludes halogenated alkanes) is 20. The normalized spacial score (nSPS) is 13.1. The van der Waals surface area contributed by atoms with Crippen molar-refractivity contribution in [3.63, 3.8) is 0 Å². The van der Waals surface area contributed by atoms with E-state index in [2.05, 4.69) is 130 Å². The SMILES string of the molecule is CC/C=C\C/C=C\C/C=C\C/C=C\C/C=C\CCCCCC(=O)OCC(COCCC/C=C\C/C=C\C/C=C\C/C=C\CC)OC(=O)CCCCCCCCCCCCCCCCCCC. The smallest absolute Gasteiger partial charge is 0.306 e. The number of ether oxygens (including phenoxy) is 3. The molecule has 376 valence electrons. The molecule has 0 aliphatic rings. The lowest BCUT2D eigenvalue weighted by Crippen LogP contribution is -2.30. The third kappa shape index (κ3) is 53.2. The van der Waals surface area contributed by atoms with Crippen LogP contribution in [0.1, 0.15) is 239 Å². The van der Waals surface area contributed by atoms with Gasteiger partial charge in [0.2, 0.25) is 0 Å². The van der Waals surface area contributed by atoms with Gasteiger partial charge in [0.15, 0.2) is 6.10 Å². The van der Waals surface area contributed by atoms with Gasteiger partial charge in [0.1, 0.15) is 6.61 Å². The fraction of sp³-hybridized carbons (Fsp3) is 0.672. The topological polar surface area (TPSA) is 61.8 Å². The van der Waals surface area contributed by atoms with Gasteiger partial charge in [0, 0.05) is 19.4 Å². The van der Waals surface area contributed by atoms with Crippen LogP contribution in [0.2, 0.25) is 0 Å². The summed E-state index contributed by atoms with van der Waals surface area (Å²) in [6.07, 6.45) is 76.9. The van der Waals surface area contributed by atoms with E-state index in [1.54, 1.807) is 0 Å². The molecule has 0 rings (SSSR count). The second-order valence-electron chi connectivity index (χ2n) is 17.7. The molecule has 0 saturated heterocycles. The minimum Gasteiger partial charge on any atom is -0.462 e. The van der Waals surface area contributed by atoms with E-state index in [9.17, 15) is 9.59 Å². The van der Waals surface area contributed by atoms with E-state index in [-0.39, 0.29) is 25.2 Å². The molecular formula is C61H102O5. The molecule has 0 fully saturated rings. The van der Waals surface area contributed by atoms with Gasteiger partial charge in [-0.05, 0) is 96.3 Å². The summed E-state index contributed by atoms with van der Waals surface area (Å²) in [7, 11) is 0. The Kier molecular flexibility index (Phi) is 53.0. The molecule has 0 spiro atoms. The molecule has 0 aromatic rings. The Hall–Kier alpha value is -3.44. The van der Waals surface area contributed by atoms with Gasteiger partial charge in [-0.25, -0.2) is 0 Å². The van der Waals surface area contributed by atoms with Gasteiger partial charge < -0.3 is 14.2 Å². The molecule has 0 aromatic carbocycles. The largest absolute Gasteiger partial charge is 0.462 e. The van der Waals surface area contributed by atoms with Crippen molar-refractivity contribution in [1.82, 2.24) is 0 Å². The Morgan fingerprint density at radius 3 is 1.09 bits per heavy atom. The van der Waals surface area contributed by atoms with E-state index in [4.69, 9.17) is 14.2 Å². The average molecular weight is 915 g/mol. The van der Waals surface area contributed by atoms with Gasteiger partial charge in [-0.3, -0.25) is 9.59 Å². The molecule has 0 radical (unpaired) electrons. The molecule has 1 unspecified atom stereocenters. The summed E-state index contributed by atoms with van der Waals surface area (Å²) < 4.78 is 17.3. The minimum absolute atomic E-state index is 0.0422. The number of carbonyl (C=O) groups excluding carboxylic acids is 2. The maximum Gasteiger partial charge on any atom is 0.306 e. The van der Waals surface area contributed by atoms with Gasteiger partial charge >= 0.3 is 11.9 Å². The molecule has 0 aliphatic carbocycles. The van der Waals surface area contributed by atoms with E-state index in [1.165, 1.54) is 89.9 Å². The molecule has 5 heteroatoms. The summed E-state index contributed by atoms with van der Waals surface area (Å²) in [6.45, 7) is 7.44. The van der Waals surface area contributed by atoms with Crippen LogP contribution in [0.5, 0.6) is 0 Å². The van der Waals surface area contributed by atoms with Crippen LogP contribution in [0.4, 0.5) is 0 Å². The first-order valence-electron chi connectivity index (χ1n) is 27.4. The van der Waals surface area contributed by atoms with Crippen molar-refractivity contribution in [3.8, 4) is 0 Å². The van der Waals surface area contributed by atoms with E-state index in [1.807, 2.05) is 0 Å². The molecular weight excluding hydrogens is 813 g/mol. The van der Waals surface area contributed by atoms with Crippen LogP contribution < -0.4 is 0 Å². The second-order valence-corrected chi connectivity index (χ2v) is 17.7. The number of rotatable bonds is 49. The molecule has 1 atom stereocenters. The number of hydrogen-bond donors (Lipinski definition) is 0. The molecule has 0 amide bonds. The maximum atomic E-state index is 12.8. The van der Waals surface area contributed by atoms with Crippen molar-refractivity contribution < 1.29 is 23.8 Å². The predicted molar refractivity (Wildman–Crippen MR) is 288 cm³/mol. The van der Waals surface area contributed by atoms with Gasteiger partial charge in [-0.15, -0.1) is 0 Å². The third-order valence-electron chi connectivity index (χ3n) is 11.3.